The third-order valence-corrected chi connectivity index (χ3v) is 2.50. The molecule has 0 amide bonds. The van der Waals surface area contributed by atoms with Crippen LogP contribution in [0.15, 0.2) is 17.3 Å². The molecule has 1 radical (unpaired) electrons. The van der Waals surface area contributed by atoms with Gasteiger partial charge in [-0.3, -0.25) is 0 Å². The van der Waals surface area contributed by atoms with E-state index in [0.29, 0.717) is 21.9 Å². The molecule has 79 valence electrons. The molecule has 4 nitrogen and oxygen atoms in total. The molecule has 6 heteroatoms. The van der Waals surface area contributed by atoms with Gasteiger partial charge >= 0.3 is 0 Å². The fourth-order valence-corrected chi connectivity index (χ4v) is 1.86. The monoisotopic (exact) mass is 234 g/mol. The maximum absolute atomic E-state index is 13.1. The van der Waals surface area contributed by atoms with Crippen molar-refractivity contribution in [2.75, 3.05) is 0 Å². The van der Waals surface area contributed by atoms with Gasteiger partial charge in [0.2, 0.25) is 5.88 Å². The standard InChI is InChI=1S/C10H5FN3OS/c11-4-1-2-6-5(3-4)7-8(12-6)13-10(16)14-9(7)15/h1,3H,(H3,12,13,14,15,16). The first-order valence-electron chi connectivity index (χ1n) is 4.44. The van der Waals surface area contributed by atoms with Crippen LogP contribution in [0.2, 0.25) is 0 Å². The number of H-pyrrole nitrogens is 1. The molecule has 1 aromatic carbocycles. The minimum atomic E-state index is -0.428. The highest BCUT2D eigenvalue weighted by atomic mass is 32.1. The molecular weight excluding hydrogens is 229 g/mol. The van der Waals surface area contributed by atoms with Crippen molar-refractivity contribution in [1.29, 1.82) is 0 Å². The maximum Gasteiger partial charge on any atom is 0.225 e. The molecule has 0 unspecified atom stereocenters. The fraction of sp³-hybridized carbons (Fsp3) is 0. The number of halogens is 1. The highest BCUT2D eigenvalue weighted by Crippen LogP contribution is 2.30. The molecule has 0 saturated carbocycles. The minimum absolute atomic E-state index is 0.150. The van der Waals surface area contributed by atoms with Crippen LogP contribution in [0.3, 0.4) is 0 Å². The van der Waals surface area contributed by atoms with Crippen molar-refractivity contribution in [2.24, 2.45) is 0 Å². The molecule has 3 rings (SSSR count). The summed E-state index contributed by atoms with van der Waals surface area (Å²) in [5.74, 6) is -0.650. The smallest absolute Gasteiger partial charge is 0.225 e. The van der Waals surface area contributed by atoms with Crippen molar-refractivity contribution < 1.29 is 9.50 Å². The Bertz CT molecular complexity index is 710. The van der Waals surface area contributed by atoms with E-state index >= 15 is 0 Å². The van der Waals surface area contributed by atoms with E-state index in [1.807, 2.05) is 0 Å². The lowest BCUT2D eigenvalue weighted by Crippen LogP contribution is -1.84. The molecule has 0 aliphatic heterocycles. The predicted molar refractivity (Wildman–Crippen MR) is 59.1 cm³/mol. The van der Waals surface area contributed by atoms with Crippen LogP contribution in [0.1, 0.15) is 0 Å². The number of fused-ring (bicyclic) bond motifs is 3. The van der Waals surface area contributed by atoms with Crippen LogP contribution in [0, 0.1) is 11.9 Å². The molecule has 2 heterocycles. The van der Waals surface area contributed by atoms with Crippen molar-refractivity contribution in [3.05, 3.63) is 24.0 Å². The van der Waals surface area contributed by atoms with Gasteiger partial charge in [0.15, 0.2) is 5.16 Å². The SMILES string of the molecule is Oc1nc(S)nc2[nH]c3[c]cc(F)cc3c12. The van der Waals surface area contributed by atoms with Gasteiger partial charge in [0.1, 0.15) is 11.5 Å². The van der Waals surface area contributed by atoms with E-state index < -0.39 is 5.82 Å². The summed E-state index contributed by atoms with van der Waals surface area (Å²) in [5, 5.41) is 10.7. The number of aromatic hydroxyl groups is 1. The zero-order valence-corrected chi connectivity index (χ0v) is 8.72. The van der Waals surface area contributed by atoms with Crippen LogP contribution in [-0.2, 0) is 0 Å². The molecule has 0 aliphatic rings. The van der Waals surface area contributed by atoms with Gasteiger partial charge in [-0.25, -0.2) is 9.37 Å². The fourth-order valence-electron chi connectivity index (χ4n) is 1.67. The van der Waals surface area contributed by atoms with Gasteiger partial charge in [-0.1, -0.05) is 0 Å². The highest BCUT2D eigenvalue weighted by Gasteiger charge is 2.12. The zero-order valence-electron chi connectivity index (χ0n) is 7.82. The molecule has 0 fully saturated rings. The first-order valence-corrected chi connectivity index (χ1v) is 4.88. The number of benzene rings is 1. The Kier molecular flexibility index (Phi) is 1.81. The number of hydrogen-bond acceptors (Lipinski definition) is 4. The predicted octanol–water partition coefficient (Wildman–Crippen LogP) is 2.04. The summed E-state index contributed by atoms with van der Waals surface area (Å²) >= 11 is 3.95. The molecule has 16 heavy (non-hydrogen) atoms. The summed E-state index contributed by atoms with van der Waals surface area (Å²) in [4.78, 5) is 10.6. The Morgan fingerprint density at radius 1 is 1.44 bits per heavy atom. The van der Waals surface area contributed by atoms with Gasteiger partial charge in [0.25, 0.3) is 0 Å². The number of nitrogens with zero attached hydrogens (tertiary/aromatic N) is 2. The van der Waals surface area contributed by atoms with Crippen molar-refractivity contribution in [3.63, 3.8) is 0 Å². The van der Waals surface area contributed by atoms with Crippen LogP contribution >= 0.6 is 12.6 Å². The van der Waals surface area contributed by atoms with E-state index in [4.69, 9.17) is 0 Å². The first-order chi connectivity index (χ1) is 7.65. The second-order valence-electron chi connectivity index (χ2n) is 3.30. The molecule has 0 spiro atoms. The maximum atomic E-state index is 13.1. The molecule has 2 N–H and O–H groups in total. The minimum Gasteiger partial charge on any atom is -0.493 e. The van der Waals surface area contributed by atoms with Crippen molar-refractivity contribution in [3.8, 4) is 5.88 Å². The second-order valence-corrected chi connectivity index (χ2v) is 3.70. The van der Waals surface area contributed by atoms with Crippen LogP contribution in [-0.4, -0.2) is 20.1 Å². The van der Waals surface area contributed by atoms with E-state index in [1.54, 1.807) is 0 Å². The Morgan fingerprint density at radius 3 is 3.06 bits per heavy atom. The van der Waals surface area contributed by atoms with Crippen LogP contribution in [0.25, 0.3) is 21.9 Å². The molecule has 3 aromatic rings. The normalized spacial score (nSPS) is 11.4. The van der Waals surface area contributed by atoms with Gasteiger partial charge in [-0.15, -0.1) is 12.6 Å². The molecule has 0 saturated heterocycles. The Hall–Kier alpha value is -1.82. The third-order valence-electron chi connectivity index (χ3n) is 2.30. The lowest BCUT2D eigenvalue weighted by Gasteiger charge is -1.95. The van der Waals surface area contributed by atoms with Crippen LogP contribution in [0.4, 0.5) is 4.39 Å². The number of rotatable bonds is 0. The topological polar surface area (TPSA) is 61.8 Å². The van der Waals surface area contributed by atoms with Gasteiger partial charge in [0, 0.05) is 11.5 Å². The van der Waals surface area contributed by atoms with Crippen LogP contribution in [0.5, 0.6) is 5.88 Å². The Morgan fingerprint density at radius 2 is 2.25 bits per heavy atom. The number of aromatic amines is 1. The average molecular weight is 234 g/mol. The molecular formula is C10H5FN3OS. The summed E-state index contributed by atoms with van der Waals surface area (Å²) in [6, 6.07) is 5.23. The first kappa shape index (κ1) is 9.41. The number of nitrogens with one attached hydrogen (secondary N) is 1. The van der Waals surface area contributed by atoms with Gasteiger partial charge < -0.3 is 10.1 Å². The molecule has 0 bridgehead atoms. The highest BCUT2D eigenvalue weighted by molar-refractivity contribution is 7.80. The quantitative estimate of drug-likeness (QED) is 0.412. The van der Waals surface area contributed by atoms with Crippen molar-refractivity contribution >= 4 is 34.6 Å². The lowest BCUT2D eigenvalue weighted by atomic mass is 10.2. The summed E-state index contributed by atoms with van der Waals surface area (Å²) in [7, 11) is 0. The van der Waals surface area contributed by atoms with E-state index in [9.17, 15) is 9.50 Å². The number of aromatic nitrogens is 3. The largest absolute Gasteiger partial charge is 0.493 e. The average Bonchev–Trinajstić information content (AvgIpc) is 2.54. The Balaban J connectivity index is 2.57. The Labute approximate surface area is 94.6 Å². The number of thiol groups is 1. The van der Waals surface area contributed by atoms with E-state index in [1.165, 1.54) is 12.1 Å². The van der Waals surface area contributed by atoms with Crippen molar-refractivity contribution in [1.82, 2.24) is 15.0 Å². The van der Waals surface area contributed by atoms with Crippen molar-refractivity contribution in [2.45, 2.75) is 5.16 Å². The lowest BCUT2D eigenvalue weighted by molar-refractivity contribution is 0.454. The summed E-state index contributed by atoms with van der Waals surface area (Å²) < 4.78 is 13.1. The van der Waals surface area contributed by atoms with E-state index in [0.717, 1.165) is 0 Å². The van der Waals surface area contributed by atoms with Gasteiger partial charge in [-0.2, -0.15) is 4.98 Å². The summed E-state index contributed by atoms with van der Waals surface area (Å²) in [5.41, 5.74) is 0.981. The summed E-state index contributed by atoms with van der Waals surface area (Å²) in [6.07, 6.45) is 0. The van der Waals surface area contributed by atoms with Gasteiger partial charge in [0.05, 0.1) is 10.9 Å². The number of hydrogen-bond donors (Lipinski definition) is 3. The van der Waals surface area contributed by atoms with E-state index in [2.05, 4.69) is 33.6 Å². The van der Waals surface area contributed by atoms with Crippen LogP contribution < -0.4 is 0 Å². The zero-order chi connectivity index (χ0) is 11.3. The molecule has 0 aliphatic carbocycles. The molecule has 2 aromatic heterocycles. The van der Waals surface area contributed by atoms with Gasteiger partial charge in [-0.05, 0) is 12.1 Å². The third kappa shape index (κ3) is 1.23. The second kappa shape index (κ2) is 3.08. The molecule has 0 atom stereocenters. The summed E-state index contributed by atoms with van der Waals surface area (Å²) in [6.45, 7) is 0. The van der Waals surface area contributed by atoms with E-state index in [-0.39, 0.29) is 11.0 Å².